The normalized spacial score (nSPS) is 9.74. The highest BCUT2D eigenvalue weighted by atomic mass is 35.5. The van der Waals surface area contributed by atoms with Gasteiger partial charge in [0.05, 0.1) is 17.1 Å². The fourth-order valence-electron chi connectivity index (χ4n) is 1.82. The van der Waals surface area contributed by atoms with E-state index in [9.17, 15) is 9.59 Å². The van der Waals surface area contributed by atoms with Gasteiger partial charge in [0.2, 0.25) is 11.8 Å². The summed E-state index contributed by atoms with van der Waals surface area (Å²) < 4.78 is 0. The van der Waals surface area contributed by atoms with Crippen LogP contribution in [-0.2, 0) is 4.79 Å². The molecule has 116 valence electrons. The Kier molecular flexibility index (Phi) is 5.18. The molecule has 7 heteroatoms. The van der Waals surface area contributed by atoms with Gasteiger partial charge in [-0.3, -0.25) is 9.59 Å². The molecule has 2 amide bonds. The number of halogens is 1. The van der Waals surface area contributed by atoms with Crippen molar-refractivity contribution in [2.45, 2.75) is 0 Å². The molecule has 0 bridgehead atoms. The summed E-state index contributed by atoms with van der Waals surface area (Å²) in [5.41, 5.74) is 7.08. The Morgan fingerprint density at radius 3 is 2.35 bits per heavy atom. The second-order valence-corrected chi connectivity index (χ2v) is 5.06. The van der Waals surface area contributed by atoms with Gasteiger partial charge in [0.25, 0.3) is 0 Å². The van der Waals surface area contributed by atoms with Crippen LogP contribution in [0.25, 0.3) is 0 Å². The topological polar surface area (TPSA) is 108 Å². The molecule has 0 spiro atoms. The monoisotopic (exact) mass is 328 g/mol. The molecule has 0 aliphatic rings. The minimum atomic E-state index is -0.507. The Hall–Kier alpha value is -3.04. The van der Waals surface area contributed by atoms with E-state index < -0.39 is 5.91 Å². The smallest absolute Gasteiger partial charge is 0.248 e. The first-order valence-corrected chi connectivity index (χ1v) is 7.00. The number of primary amides is 1. The predicted octanol–water partition coefficient (Wildman–Crippen LogP) is 2.36. The van der Waals surface area contributed by atoms with E-state index in [1.807, 2.05) is 6.07 Å². The van der Waals surface area contributed by atoms with Gasteiger partial charge in [-0.05, 0) is 42.5 Å². The summed E-state index contributed by atoms with van der Waals surface area (Å²) in [7, 11) is 0. The van der Waals surface area contributed by atoms with E-state index in [4.69, 9.17) is 22.6 Å². The zero-order valence-electron chi connectivity index (χ0n) is 12.0. The predicted molar refractivity (Wildman–Crippen MR) is 88.2 cm³/mol. The van der Waals surface area contributed by atoms with Gasteiger partial charge in [0.1, 0.15) is 6.07 Å². The highest BCUT2D eigenvalue weighted by Crippen LogP contribution is 2.20. The molecule has 2 aromatic rings. The van der Waals surface area contributed by atoms with Crippen molar-refractivity contribution in [3.8, 4) is 6.07 Å². The average molecular weight is 329 g/mol. The number of nitrogens with one attached hydrogen (secondary N) is 2. The van der Waals surface area contributed by atoms with Gasteiger partial charge in [0, 0.05) is 16.9 Å². The fraction of sp³-hybridized carbons (Fsp3) is 0.0625. The standard InChI is InChI=1S/C16H13ClN4O2/c17-14-7-13(6-3-11(14)8-18)21-15(22)9-20-12-4-1-10(2-5-12)16(19)23/h1-7,20H,9H2,(H2,19,23)(H,21,22). The molecule has 4 N–H and O–H groups in total. The summed E-state index contributed by atoms with van der Waals surface area (Å²) in [6.07, 6.45) is 0. The van der Waals surface area contributed by atoms with Gasteiger partial charge in [-0.25, -0.2) is 0 Å². The first kappa shape index (κ1) is 16.3. The second-order valence-electron chi connectivity index (χ2n) is 4.65. The van der Waals surface area contributed by atoms with Gasteiger partial charge in [-0.2, -0.15) is 5.26 Å². The lowest BCUT2D eigenvalue weighted by molar-refractivity contribution is -0.114. The quantitative estimate of drug-likeness (QED) is 0.782. The van der Waals surface area contributed by atoms with Crippen LogP contribution >= 0.6 is 11.6 Å². The number of nitrogens with two attached hydrogens (primary N) is 1. The summed E-state index contributed by atoms with van der Waals surface area (Å²) in [5, 5.41) is 14.7. The molecule has 0 aliphatic carbocycles. The third kappa shape index (κ3) is 4.46. The van der Waals surface area contributed by atoms with E-state index in [-0.39, 0.29) is 17.5 Å². The maximum Gasteiger partial charge on any atom is 0.248 e. The fourth-order valence-corrected chi connectivity index (χ4v) is 2.05. The van der Waals surface area contributed by atoms with Crippen LogP contribution in [0.2, 0.25) is 5.02 Å². The van der Waals surface area contributed by atoms with Crippen molar-refractivity contribution in [2.75, 3.05) is 17.2 Å². The Morgan fingerprint density at radius 1 is 1.13 bits per heavy atom. The Bertz CT molecular complexity index is 782. The number of rotatable bonds is 5. The van der Waals surface area contributed by atoms with Crippen molar-refractivity contribution in [1.82, 2.24) is 0 Å². The van der Waals surface area contributed by atoms with E-state index in [1.165, 1.54) is 12.1 Å². The molecule has 23 heavy (non-hydrogen) atoms. The van der Waals surface area contributed by atoms with E-state index in [1.54, 1.807) is 30.3 Å². The molecule has 6 nitrogen and oxygen atoms in total. The van der Waals surface area contributed by atoms with Crippen LogP contribution < -0.4 is 16.4 Å². The number of nitriles is 1. The van der Waals surface area contributed by atoms with Gasteiger partial charge < -0.3 is 16.4 Å². The molecule has 0 aliphatic heterocycles. The van der Waals surface area contributed by atoms with Crippen LogP contribution in [0.3, 0.4) is 0 Å². The summed E-state index contributed by atoms with van der Waals surface area (Å²) in [6, 6.07) is 13.1. The average Bonchev–Trinajstić information content (AvgIpc) is 2.53. The Morgan fingerprint density at radius 2 is 1.78 bits per heavy atom. The largest absolute Gasteiger partial charge is 0.376 e. The highest BCUT2D eigenvalue weighted by Gasteiger charge is 2.06. The molecule has 0 aromatic heterocycles. The third-order valence-corrected chi connectivity index (χ3v) is 3.31. The lowest BCUT2D eigenvalue weighted by Crippen LogP contribution is -2.21. The zero-order valence-corrected chi connectivity index (χ0v) is 12.7. The second kappa shape index (κ2) is 7.29. The minimum Gasteiger partial charge on any atom is -0.376 e. The van der Waals surface area contributed by atoms with Gasteiger partial charge in [-0.1, -0.05) is 11.6 Å². The third-order valence-electron chi connectivity index (χ3n) is 3.00. The minimum absolute atomic E-state index is 0.0353. The summed E-state index contributed by atoms with van der Waals surface area (Å²) >= 11 is 5.90. The molecule has 0 radical (unpaired) electrons. The van der Waals surface area contributed by atoms with E-state index in [0.29, 0.717) is 22.5 Å². The first-order valence-electron chi connectivity index (χ1n) is 6.63. The van der Waals surface area contributed by atoms with E-state index in [0.717, 1.165) is 0 Å². The molecular weight excluding hydrogens is 316 g/mol. The maximum absolute atomic E-state index is 11.9. The first-order chi connectivity index (χ1) is 11.0. The van der Waals surface area contributed by atoms with Gasteiger partial charge >= 0.3 is 0 Å². The van der Waals surface area contributed by atoms with Crippen molar-refractivity contribution in [1.29, 1.82) is 5.26 Å². The Balaban J connectivity index is 1.91. The van der Waals surface area contributed by atoms with Crippen molar-refractivity contribution >= 4 is 34.8 Å². The van der Waals surface area contributed by atoms with E-state index in [2.05, 4.69) is 10.6 Å². The van der Waals surface area contributed by atoms with Crippen molar-refractivity contribution < 1.29 is 9.59 Å². The number of anilines is 2. The molecule has 0 fully saturated rings. The number of carbonyl (C=O) groups excluding carboxylic acids is 2. The van der Waals surface area contributed by atoms with Crippen LogP contribution in [0.5, 0.6) is 0 Å². The number of amides is 2. The lowest BCUT2D eigenvalue weighted by atomic mass is 10.2. The zero-order chi connectivity index (χ0) is 16.8. The molecular formula is C16H13ClN4O2. The summed E-state index contributed by atoms with van der Waals surface area (Å²) in [6.45, 7) is 0.0353. The molecule has 0 atom stereocenters. The molecule has 0 saturated carbocycles. The van der Waals surface area contributed by atoms with Crippen LogP contribution in [0.1, 0.15) is 15.9 Å². The number of carbonyl (C=O) groups is 2. The van der Waals surface area contributed by atoms with Crippen LogP contribution in [0.15, 0.2) is 42.5 Å². The SMILES string of the molecule is N#Cc1ccc(NC(=O)CNc2ccc(C(N)=O)cc2)cc1Cl. The molecule has 0 unspecified atom stereocenters. The highest BCUT2D eigenvalue weighted by molar-refractivity contribution is 6.32. The van der Waals surface area contributed by atoms with Gasteiger partial charge in [0.15, 0.2) is 0 Å². The maximum atomic E-state index is 11.9. The Labute approximate surface area is 137 Å². The molecule has 0 saturated heterocycles. The van der Waals surface area contributed by atoms with Gasteiger partial charge in [-0.15, -0.1) is 0 Å². The number of hydrogen-bond acceptors (Lipinski definition) is 4. The van der Waals surface area contributed by atoms with Crippen LogP contribution in [-0.4, -0.2) is 18.4 Å². The molecule has 2 aromatic carbocycles. The van der Waals surface area contributed by atoms with Crippen LogP contribution in [0.4, 0.5) is 11.4 Å². The van der Waals surface area contributed by atoms with Crippen molar-refractivity contribution in [2.24, 2.45) is 5.73 Å². The lowest BCUT2D eigenvalue weighted by Gasteiger charge is -2.09. The summed E-state index contributed by atoms with van der Waals surface area (Å²) in [5.74, 6) is -0.781. The molecule has 0 heterocycles. The number of hydrogen-bond donors (Lipinski definition) is 3. The number of benzene rings is 2. The summed E-state index contributed by atoms with van der Waals surface area (Å²) in [4.78, 5) is 22.8. The van der Waals surface area contributed by atoms with Crippen molar-refractivity contribution in [3.63, 3.8) is 0 Å². The molecule has 2 rings (SSSR count). The van der Waals surface area contributed by atoms with Crippen molar-refractivity contribution in [3.05, 3.63) is 58.6 Å². The number of nitrogens with zero attached hydrogens (tertiary/aromatic N) is 1. The van der Waals surface area contributed by atoms with E-state index >= 15 is 0 Å². The van der Waals surface area contributed by atoms with Crippen LogP contribution in [0, 0.1) is 11.3 Å².